The molecule has 1 N–H and O–H groups in total. The Hall–Kier alpha value is 0.460. The maximum Gasteiger partial charge on any atom is 0.133 e. The molecule has 0 saturated carbocycles. The van der Waals surface area contributed by atoms with Gasteiger partial charge >= 0.3 is 0 Å². The molecule has 0 radical (unpaired) electrons. The summed E-state index contributed by atoms with van der Waals surface area (Å²) in [6.45, 7) is 0. The maximum absolute atomic E-state index is 9.56. The molecule has 0 unspecified atom stereocenters. The van der Waals surface area contributed by atoms with Crippen molar-refractivity contribution in [2.24, 2.45) is 0 Å². The molecule has 0 fully saturated rings. The van der Waals surface area contributed by atoms with E-state index in [-0.39, 0.29) is 0 Å². The Kier molecular flexibility index (Phi) is 4.06. The highest BCUT2D eigenvalue weighted by atomic mass is 79.9. The zero-order valence-corrected chi connectivity index (χ0v) is 10.9. The third kappa shape index (κ3) is 2.47. The van der Waals surface area contributed by atoms with Crippen LogP contribution in [-0.4, -0.2) is 10.4 Å². The van der Waals surface area contributed by atoms with Crippen LogP contribution >= 0.6 is 47.8 Å². The molecule has 0 spiro atoms. The molecule has 0 aliphatic heterocycles. The van der Waals surface area contributed by atoms with Crippen LogP contribution in [0, 0.1) is 0 Å². The number of aryl methyl sites for hydroxylation is 1. The van der Waals surface area contributed by atoms with Crippen molar-refractivity contribution in [2.75, 3.05) is 5.33 Å². The zero-order valence-electron chi connectivity index (χ0n) is 6.15. The summed E-state index contributed by atoms with van der Waals surface area (Å²) in [5.74, 6) is 0.331. The number of hydrogen-bond donors (Lipinski definition) is 1. The van der Waals surface area contributed by atoms with Gasteiger partial charge in [-0.3, -0.25) is 0 Å². The first-order valence-electron chi connectivity index (χ1n) is 3.38. The predicted octanol–water partition coefficient (Wildman–Crippen LogP) is 3.85. The van der Waals surface area contributed by atoms with Crippen LogP contribution in [0.5, 0.6) is 5.75 Å². The molecule has 0 amide bonds. The zero-order chi connectivity index (χ0) is 9.14. The summed E-state index contributed by atoms with van der Waals surface area (Å²) in [6.07, 6.45) is 0.823. The second-order valence-corrected chi connectivity index (χ2v) is 4.90. The van der Waals surface area contributed by atoms with E-state index in [0.29, 0.717) is 5.75 Å². The number of hydrogen-bond acceptors (Lipinski definition) is 1. The molecule has 0 aliphatic carbocycles. The summed E-state index contributed by atoms with van der Waals surface area (Å²) in [7, 11) is 0. The van der Waals surface area contributed by atoms with E-state index in [1.165, 1.54) is 0 Å². The highest BCUT2D eigenvalue weighted by Gasteiger charge is 2.05. The van der Waals surface area contributed by atoms with E-state index in [0.717, 1.165) is 26.3 Å². The van der Waals surface area contributed by atoms with Gasteiger partial charge in [0.1, 0.15) is 5.75 Å². The Balaban J connectivity index is 3.09. The molecule has 0 atom stereocenters. The van der Waals surface area contributed by atoms with Crippen molar-refractivity contribution in [1.29, 1.82) is 0 Å². The molecule has 1 rings (SSSR count). The van der Waals surface area contributed by atoms with Crippen molar-refractivity contribution in [1.82, 2.24) is 0 Å². The lowest BCUT2D eigenvalue weighted by molar-refractivity contribution is 0.465. The summed E-state index contributed by atoms with van der Waals surface area (Å²) >= 11 is 9.96. The summed E-state index contributed by atoms with van der Waals surface area (Å²) in [5.41, 5.74) is 0.938. The fourth-order valence-electron chi connectivity index (χ4n) is 0.912. The normalized spacial score (nSPS) is 10.2. The van der Waals surface area contributed by atoms with Crippen molar-refractivity contribution in [3.8, 4) is 5.75 Å². The van der Waals surface area contributed by atoms with Gasteiger partial charge in [0.2, 0.25) is 0 Å². The van der Waals surface area contributed by atoms with E-state index in [9.17, 15) is 5.11 Å². The number of alkyl halides is 1. The highest BCUT2D eigenvalue weighted by molar-refractivity contribution is 9.11. The van der Waals surface area contributed by atoms with Crippen LogP contribution < -0.4 is 0 Å². The average Bonchev–Trinajstić information content (AvgIpc) is 2.00. The summed E-state index contributed by atoms with van der Waals surface area (Å²) in [5, 5.41) is 10.4. The van der Waals surface area contributed by atoms with Crippen molar-refractivity contribution >= 4 is 47.8 Å². The van der Waals surface area contributed by atoms with Crippen LogP contribution in [0.15, 0.2) is 21.1 Å². The van der Waals surface area contributed by atoms with Gasteiger partial charge in [0.05, 0.1) is 4.47 Å². The molecule has 0 aromatic heterocycles. The largest absolute Gasteiger partial charge is 0.506 e. The fourth-order valence-corrected chi connectivity index (χ4v) is 2.65. The molecule has 0 heterocycles. The van der Waals surface area contributed by atoms with Gasteiger partial charge in [0, 0.05) is 9.80 Å². The van der Waals surface area contributed by atoms with Gasteiger partial charge < -0.3 is 5.11 Å². The molecule has 66 valence electrons. The van der Waals surface area contributed by atoms with Crippen molar-refractivity contribution in [3.05, 3.63) is 26.6 Å². The number of rotatable bonds is 2. The minimum Gasteiger partial charge on any atom is -0.506 e. The fraction of sp³-hybridized carbons (Fsp3) is 0.250. The predicted molar refractivity (Wildman–Crippen MR) is 61.0 cm³/mol. The van der Waals surface area contributed by atoms with Crippen molar-refractivity contribution in [3.63, 3.8) is 0 Å². The monoisotopic (exact) mass is 356 g/mol. The summed E-state index contributed by atoms with van der Waals surface area (Å²) < 4.78 is 1.70. The van der Waals surface area contributed by atoms with Gasteiger partial charge in [-0.1, -0.05) is 31.9 Å². The maximum atomic E-state index is 9.56. The Morgan fingerprint density at radius 3 is 2.50 bits per heavy atom. The van der Waals surface area contributed by atoms with E-state index < -0.39 is 0 Å². The Morgan fingerprint density at radius 2 is 1.92 bits per heavy atom. The minimum absolute atomic E-state index is 0.331. The van der Waals surface area contributed by atoms with Crippen LogP contribution in [0.3, 0.4) is 0 Å². The molecule has 1 aromatic rings. The molecule has 12 heavy (non-hydrogen) atoms. The second kappa shape index (κ2) is 4.63. The SMILES string of the molecule is Oc1c(Br)cc(Br)cc1CCBr. The summed E-state index contributed by atoms with van der Waals surface area (Å²) in [4.78, 5) is 0. The number of halogens is 3. The molecule has 1 nitrogen and oxygen atoms in total. The smallest absolute Gasteiger partial charge is 0.133 e. The Bertz CT molecular complexity index is 286. The van der Waals surface area contributed by atoms with Gasteiger partial charge in [0.25, 0.3) is 0 Å². The van der Waals surface area contributed by atoms with E-state index >= 15 is 0 Å². The standard InChI is InChI=1S/C8H7Br3O/c9-2-1-5-3-6(10)4-7(11)8(5)12/h3-4,12H,1-2H2. The topological polar surface area (TPSA) is 20.2 Å². The first-order chi connectivity index (χ1) is 5.65. The summed E-state index contributed by atoms with van der Waals surface area (Å²) in [6, 6.07) is 3.74. The molecule has 1 aromatic carbocycles. The third-order valence-electron chi connectivity index (χ3n) is 1.47. The highest BCUT2D eigenvalue weighted by Crippen LogP contribution is 2.31. The second-order valence-electron chi connectivity index (χ2n) is 2.33. The molecule has 0 saturated heterocycles. The number of phenols is 1. The van der Waals surface area contributed by atoms with Crippen molar-refractivity contribution < 1.29 is 5.11 Å². The van der Waals surface area contributed by atoms with Gasteiger partial charge in [-0.2, -0.15) is 0 Å². The van der Waals surface area contributed by atoms with Gasteiger partial charge in [-0.05, 0) is 40.0 Å². The van der Waals surface area contributed by atoms with Crippen LogP contribution in [0.25, 0.3) is 0 Å². The quantitative estimate of drug-likeness (QED) is 0.796. The molecule has 0 bridgehead atoms. The first kappa shape index (κ1) is 10.5. The van der Waals surface area contributed by atoms with Crippen LogP contribution in [0.2, 0.25) is 0 Å². The first-order valence-corrected chi connectivity index (χ1v) is 6.08. The van der Waals surface area contributed by atoms with E-state index in [1.54, 1.807) is 0 Å². The minimum atomic E-state index is 0.331. The lowest BCUT2D eigenvalue weighted by Gasteiger charge is -2.05. The molecular weight excluding hydrogens is 352 g/mol. The lowest BCUT2D eigenvalue weighted by atomic mass is 10.1. The number of aromatic hydroxyl groups is 1. The van der Waals surface area contributed by atoms with E-state index in [1.807, 2.05) is 12.1 Å². The molecule has 4 heteroatoms. The molecular formula is C8H7Br3O. The van der Waals surface area contributed by atoms with Gasteiger partial charge in [-0.15, -0.1) is 0 Å². The van der Waals surface area contributed by atoms with Gasteiger partial charge in [0.15, 0.2) is 0 Å². The number of phenolic OH excluding ortho intramolecular Hbond substituents is 1. The van der Waals surface area contributed by atoms with E-state index in [4.69, 9.17) is 0 Å². The average molecular weight is 359 g/mol. The Labute approximate surface area is 96.6 Å². The Morgan fingerprint density at radius 1 is 1.25 bits per heavy atom. The van der Waals surface area contributed by atoms with Crippen LogP contribution in [-0.2, 0) is 6.42 Å². The van der Waals surface area contributed by atoms with Gasteiger partial charge in [-0.25, -0.2) is 0 Å². The van der Waals surface area contributed by atoms with E-state index in [2.05, 4.69) is 47.8 Å². The van der Waals surface area contributed by atoms with Crippen LogP contribution in [0.4, 0.5) is 0 Å². The molecule has 0 aliphatic rings. The van der Waals surface area contributed by atoms with Crippen LogP contribution in [0.1, 0.15) is 5.56 Å². The van der Waals surface area contributed by atoms with Crippen molar-refractivity contribution in [2.45, 2.75) is 6.42 Å². The number of benzene rings is 1. The lowest BCUT2D eigenvalue weighted by Crippen LogP contribution is -1.87. The third-order valence-corrected chi connectivity index (χ3v) is 2.93.